The number of aryl methyl sites for hydroxylation is 1. The van der Waals surface area contributed by atoms with Crippen molar-refractivity contribution >= 4 is 35.1 Å². The van der Waals surface area contributed by atoms with Gasteiger partial charge >= 0.3 is 6.03 Å². The van der Waals surface area contributed by atoms with E-state index in [-0.39, 0.29) is 6.61 Å². The smallest absolute Gasteiger partial charge is 0.325 e. The summed E-state index contributed by atoms with van der Waals surface area (Å²) in [4.78, 5) is 41.5. The van der Waals surface area contributed by atoms with Crippen LogP contribution in [0.5, 0.6) is 5.75 Å². The van der Waals surface area contributed by atoms with Crippen LogP contribution in [0, 0.1) is 6.92 Å². The van der Waals surface area contributed by atoms with Crippen LogP contribution in [0.15, 0.2) is 72.8 Å². The number of urea groups is 1. The number of halogens is 1. The molecule has 1 heterocycles. The molecule has 0 radical (unpaired) electrons. The first-order chi connectivity index (χ1) is 18.2. The molecular formula is C29H30ClN3O5. The number of carbonyl (C=O) groups excluding carboxylic acids is 3. The van der Waals surface area contributed by atoms with Crippen molar-refractivity contribution in [3.8, 4) is 5.75 Å². The van der Waals surface area contributed by atoms with Crippen molar-refractivity contribution in [1.82, 2.24) is 10.2 Å². The summed E-state index contributed by atoms with van der Waals surface area (Å²) in [5.41, 5.74) is 2.67. The highest BCUT2D eigenvalue weighted by Crippen LogP contribution is 2.32. The van der Waals surface area contributed by atoms with Gasteiger partial charge in [-0.25, -0.2) is 9.69 Å². The Balaban J connectivity index is 1.63. The van der Waals surface area contributed by atoms with Crippen LogP contribution in [0.2, 0.25) is 5.02 Å². The van der Waals surface area contributed by atoms with Gasteiger partial charge in [0.2, 0.25) is 5.91 Å². The van der Waals surface area contributed by atoms with Crippen LogP contribution < -0.4 is 15.4 Å². The van der Waals surface area contributed by atoms with Gasteiger partial charge in [-0.1, -0.05) is 67.1 Å². The zero-order valence-corrected chi connectivity index (χ0v) is 22.1. The predicted molar refractivity (Wildman–Crippen MR) is 145 cm³/mol. The Morgan fingerprint density at radius 3 is 2.39 bits per heavy atom. The molecule has 0 bridgehead atoms. The fraction of sp³-hybridized carbons (Fsp3) is 0.276. The van der Waals surface area contributed by atoms with E-state index in [2.05, 4.69) is 10.6 Å². The molecule has 8 nitrogen and oxygen atoms in total. The molecule has 3 aromatic carbocycles. The Labute approximate surface area is 226 Å². The number of rotatable bonds is 9. The third-order valence-electron chi connectivity index (χ3n) is 6.40. The molecule has 3 N–H and O–H groups in total. The number of hydrogen-bond donors (Lipinski definition) is 3. The van der Waals surface area contributed by atoms with Crippen LogP contribution in [-0.4, -0.2) is 46.6 Å². The molecule has 9 heteroatoms. The van der Waals surface area contributed by atoms with E-state index in [1.165, 1.54) is 0 Å². The van der Waals surface area contributed by atoms with Crippen molar-refractivity contribution in [3.05, 3.63) is 94.5 Å². The summed E-state index contributed by atoms with van der Waals surface area (Å²) in [6.07, 6.45) is -0.622. The Morgan fingerprint density at radius 2 is 1.76 bits per heavy atom. The van der Waals surface area contributed by atoms with Gasteiger partial charge in [0.1, 0.15) is 24.4 Å². The van der Waals surface area contributed by atoms with Gasteiger partial charge in [-0.05, 0) is 54.8 Å². The van der Waals surface area contributed by atoms with Gasteiger partial charge in [0.25, 0.3) is 5.91 Å². The van der Waals surface area contributed by atoms with E-state index in [1.54, 1.807) is 50.2 Å². The number of hydrogen-bond acceptors (Lipinski definition) is 5. The molecule has 4 atom stereocenters. The Hall–Kier alpha value is -3.88. The topological polar surface area (TPSA) is 108 Å². The van der Waals surface area contributed by atoms with E-state index < -0.39 is 42.0 Å². The Bertz CT molecular complexity index is 1310. The molecule has 0 spiro atoms. The van der Waals surface area contributed by atoms with Crippen molar-refractivity contribution in [1.29, 1.82) is 0 Å². The molecule has 3 aromatic rings. The number of aliphatic hydroxyl groups excluding tert-OH is 1. The van der Waals surface area contributed by atoms with Crippen molar-refractivity contribution in [3.63, 3.8) is 0 Å². The molecular weight excluding hydrogens is 506 g/mol. The lowest BCUT2D eigenvalue weighted by Gasteiger charge is -2.30. The average molecular weight is 536 g/mol. The molecule has 4 amide bonds. The fourth-order valence-corrected chi connectivity index (χ4v) is 4.67. The maximum Gasteiger partial charge on any atom is 0.325 e. The Kier molecular flexibility index (Phi) is 8.34. The van der Waals surface area contributed by atoms with Crippen LogP contribution in [0.3, 0.4) is 0 Å². The number of benzene rings is 3. The second kappa shape index (κ2) is 11.7. The number of anilines is 1. The summed E-state index contributed by atoms with van der Waals surface area (Å²) in [5, 5.41) is 15.3. The van der Waals surface area contributed by atoms with Crippen molar-refractivity contribution in [2.24, 2.45) is 0 Å². The maximum atomic E-state index is 13.7. The zero-order valence-electron chi connectivity index (χ0n) is 21.4. The van der Waals surface area contributed by atoms with E-state index >= 15 is 0 Å². The van der Waals surface area contributed by atoms with Gasteiger partial charge in [0, 0.05) is 5.92 Å². The number of amides is 4. The third-order valence-corrected chi connectivity index (χ3v) is 6.72. The lowest BCUT2D eigenvalue weighted by Crippen LogP contribution is -2.50. The largest absolute Gasteiger partial charge is 0.491 e. The number of nitrogens with one attached hydrogen (secondary N) is 2. The minimum atomic E-state index is -1.14. The van der Waals surface area contributed by atoms with E-state index in [0.29, 0.717) is 22.0 Å². The van der Waals surface area contributed by atoms with Crippen molar-refractivity contribution in [2.45, 2.75) is 44.9 Å². The Morgan fingerprint density at radius 1 is 1.08 bits per heavy atom. The van der Waals surface area contributed by atoms with E-state index in [9.17, 15) is 19.5 Å². The summed E-state index contributed by atoms with van der Waals surface area (Å²) in [6, 6.07) is 18.4. The first kappa shape index (κ1) is 27.2. The normalized spacial score (nSPS) is 17.5. The summed E-state index contributed by atoms with van der Waals surface area (Å²) >= 11 is 6.35. The second-order valence-corrected chi connectivity index (χ2v) is 9.84. The number of carbonyl (C=O) groups is 3. The van der Waals surface area contributed by atoms with Crippen LogP contribution in [0.1, 0.15) is 42.5 Å². The number of aliphatic hydroxyl groups is 1. The van der Waals surface area contributed by atoms with E-state index in [4.69, 9.17) is 16.3 Å². The van der Waals surface area contributed by atoms with Crippen molar-refractivity contribution < 1.29 is 24.2 Å². The minimum Gasteiger partial charge on any atom is -0.491 e. The molecule has 38 heavy (non-hydrogen) atoms. The highest BCUT2D eigenvalue weighted by atomic mass is 35.5. The SMILES string of the molecule is Cc1ccc(NC(=O)C(C(C)c2ccccc2)N2C(=O)N[C@H](c3ccc(OCC(C)O)cc3)C2=O)c(Cl)c1. The molecule has 0 aliphatic carbocycles. The summed E-state index contributed by atoms with van der Waals surface area (Å²) in [6.45, 7) is 5.44. The highest BCUT2D eigenvalue weighted by molar-refractivity contribution is 6.33. The average Bonchev–Trinajstić information content (AvgIpc) is 3.19. The van der Waals surface area contributed by atoms with E-state index in [1.807, 2.05) is 43.3 Å². The van der Waals surface area contributed by atoms with Gasteiger partial charge in [-0.15, -0.1) is 0 Å². The zero-order chi connectivity index (χ0) is 27.4. The quantitative estimate of drug-likeness (QED) is 0.341. The van der Waals surface area contributed by atoms with Crippen molar-refractivity contribution in [2.75, 3.05) is 11.9 Å². The predicted octanol–water partition coefficient (Wildman–Crippen LogP) is 4.81. The second-order valence-electron chi connectivity index (χ2n) is 9.44. The lowest BCUT2D eigenvalue weighted by atomic mass is 9.91. The van der Waals surface area contributed by atoms with Crippen LogP contribution in [0.4, 0.5) is 10.5 Å². The molecule has 1 aliphatic heterocycles. The number of imide groups is 1. The van der Waals surface area contributed by atoms with Crippen LogP contribution in [-0.2, 0) is 9.59 Å². The molecule has 1 aliphatic rings. The summed E-state index contributed by atoms with van der Waals surface area (Å²) < 4.78 is 5.48. The molecule has 0 aromatic heterocycles. The maximum absolute atomic E-state index is 13.7. The van der Waals surface area contributed by atoms with Gasteiger partial charge < -0.3 is 20.5 Å². The first-order valence-electron chi connectivity index (χ1n) is 12.3. The number of ether oxygens (including phenoxy) is 1. The third kappa shape index (κ3) is 5.98. The molecule has 198 valence electrons. The number of nitrogens with zero attached hydrogens (tertiary/aromatic N) is 1. The molecule has 4 rings (SSSR count). The summed E-state index contributed by atoms with van der Waals surface area (Å²) in [5.74, 6) is -1.05. The first-order valence-corrected chi connectivity index (χ1v) is 12.7. The standard InChI is InChI=1S/C29H30ClN3O5/c1-17-9-14-24(23(30)15-17)31-27(35)26(19(3)20-7-5-4-6-8-20)33-28(36)25(32-29(33)37)21-10-12-22(13-11-21)38-16-18(2)34/h4-15,18-19,25-26,34H,16H2,1-3H3,(H,31,35)(H,32,37)/t18?,19?,25-,26?/m1/s1. The molecule has 1 saturated heterocycles. The van der Waals surface area contributed by atoms with Gasteiger partial charge in [-0.2, -0.15) is 0 Å². The van der Waals surface area contributed by atoms with Crippen LogP contribution in [0.25, 0.3) is 0 Å². The minimum absolute atomic E-state index is 0.130. The van der Waals surface area contributed by atoms with Crippen LogP contribution >= 0.6 is 11.6 Å². The van der Waals surface area contributed by atoms with Gasteiger partial charge in [0.05, 0.1) is 16.8 Å². The lowest BCUT2D eigenvalue weighted by molar-refractivity contribution is -0.134. The molecule has 0 saturated carbocycles. The fourth-order valence-electron chi connectivity index (χ4n) is 4.39. The monoisotopic (exact) mass is 535 g/mol. The molecule has 3 unspecified atom stereocenters. The summed E-state index contributed by atoms with van der Waals surface area (Å²) in [7, 11) is 0. The van der Waals surface area contributed by atoms with Gasteiger partial charge in [-0.3, -0.25) is 9.59 Å². The van der Waals surface area contributed by atoms with E-state index in [0.717, 1.165) is 16.0 Å². The van der Waals surface area contributed by atoms with Gasteiger partial charge in [0.15, 0.2) is 0 Å². The highest BCUT2D eigenvalue weighted by Gasteiger charge is 2.47. The molecule has 1 fully saturated rings.